The number of nitrogens with zero attached hydrogens (tertiary/aromatic N) is 3. The Bertz CT molecular complexity index is 875. The lowest BCUT2D eigenvalue weighted by Gasteiger charge is -2.27. The van der Waals surface area contributed by atoms with Gasteiger partial charge in [0.25, 0.3) is 5.56 Å². The minimum atomic E-state index is 0.0774. The molecule has 1 fully saturated rings. The average Bonchev–Trinajstić information content (AvgIpc) is 2.88. The highest BCUT2D eigenvalue weighted by Crippen LogP contribution is 2.25. The van der Waals surface area contributed by atoms with Crippen molar-refractivity contribution < 1.29 is 0 Å². The number of rotatable bonds is 4. The maximum atomic E-state index is 12.9. The number of aromatic nitrogens is 1. The number of hydrogen-bond acceptors (Lipinski definition) is 3. The van der Waals surface area contributed by atoms with Crippen LogP contribution in [0.5, 0.6) is 0 Å². The van der Waals surface area contributed by atoms with Gasteiger partial charge in [-0.25, -0.2) is 0 Å². The van der Waals surface area contributed by atoms with Gasteiger partial charge in [-0.05, 0) is 49.1 Å². The van der Waals surface area contributed by atoms with Crippen molar-refractivity contribution in [2.75, 3.05) is 20.6 Å². The summed E-state index contributed by atoms with van der Waals surface area (Å²) in [7, 11) is 4.21. The molecule has 0 amide bonds. The molecule has 0 bridgehead atoms. The van der Waals surface area contributed by atoms with E-state index in [-0.39, 0.29) is 11.0 Å². The fraction of sp³-hybridized carbons (Fsp3) is 0.500. The molecule has 26 heavy (non-hydrogen) atoms. The first kappa shape index (κ1) is 18.7. The van der Waals surface area contributed by atoms with Gasteiger partial charge in [0.05, 0.1) is 0 Å². The quantitative estimate of drug-likeness (QED) is 0.840. The first-order valence-electron chi connectivity index (χ1n) is 9.41. The normalized spacial score (nSPS) is 18.3. The minimum Gasteiger partial charge on any atom is -0.374 e. The van der Waals surface area contributed by atoms with E-state index in [2.05, 4.69) is 69.4 Å². The Balaban J connectivity index is 1.79. The van der Waals surface area contributed by atoms with Crippen molar-refractivity contribution >= 4 is 5.52 Å². The molecular weight excluding hydrogens is 322 g/mol. The summed E-state index contributed by atoms with van der Waals surface area (Å²) in [6.07, 6.45) is 4.13. The van der Waals surface area contributed by atoms with Crippen LogP contribution in [0.1, 0.15) is 44.7 Å². The van der Waals surface area contributed by atoms with E-state index < -0.39 is 0 Å². The van der Waals surface area contributed by atoms with Crippen LogP contribution in [0.3, 0.4) is 0 Å². The van der Waals surface area contributed by atoms with Crippen LogP contribution in [0.15, 0.2) is 47.5 Å². The molecule has 2 aromatic rings. The summed E-state index contributed by atoms with van der Waals surface area (Å²) in [6.45, 7) is 12.3. The van der Waals surface area contributed by atoms with E-state index in [9.17, 15) is 4.79 Å². The first-order chi connectivity index (χ1) is 12.2. The molecule has 0 N–H and O–H groups in total. The van der Waals surface area contributed by atoms with Crippen LogP contribution in [0.25, 0.3) is 5.52 Å². The van der Waals surface area contributed by atoms with Gasteiger partial charge >= 0.3 is 0 Å². The zero-order valence-corrected chi connectivity index (χ0v) is 16.7. The lowest BCUT2D eigenvalue weighted by Crippen LogP contribution is -2.36. The minimum absolute atomic E-state index is 0.0774. The van der Waals surface area contributed by atoms with Gasteiger partial charge in [-0.15, -0.1) is 0 Å². The molecular formula is C22H31N3O. The first-order valence-corrected chi connectivity index (χ1v) is 9.41. The Morgan fingerprint density at radius 2 is 2.00 bits per heavy atom. The van der Waals surface area contributed by atoms with Gasteiger partial charge in [0.15, 0.2) is 0 Å². The number of likely N-dealkylation sites (tertiary alicyclic amines) is 1. The number of allylic oxidation sites excluding steroid dienone is 1. The molecule has 0 aromatic carbocycles. The second-order valence-electron chi connectivity index (χ2n) is 8.69. The third kappa shape index (κ3) is 3.70. The Hall–Kier alpha value is -2.07. The van der Waals surface area contributed by atoms with Crippen molar-refractivity contribution in [2.24, 2.45) is 0 Å². The molecule has 3 rings (SSSR count). The largest absolute Gasteiger partial charge is 0.374 e. The number of fused-ring (bicyclic) bond motifs is 1. The molecule has 0 radical (unpaired) electrons. The molecule has 1 aliphatic heterocycles. The third-order valence-electron chi connectivity index (χ3n) is 5.57. The molecule has 3 heterocycles. The monoisotopic (exact) mass is 353 g/mol. The molecule has 1 atom stereocenters. The summed E-state index contributed by atoms with van der Waals surface area (Å²) < 4.78 is 1.77. The summed E-state index contributed by atoms with van der Waals surface area (Å²) in [5, 5.41) is 0. The van der Waals surface area contributed by atoms with E-state index in [1.165, 1.54) is 11.3 Å². The fourth-order valence-electron chi connectivity index (χ4n) is 3.72. The Labute approximate surface area is 156 Å². The lowest BCUT2D eigenvalue weighted by atomic mass is 9.87. The van der Waals surface area contributed by atoms with Gasteiger partial charge in [0.2, 0.25) is 0 Å². The van der Waals surface area contributed by atoms with Crippen molar-refractivity contribution in [2.45, 2.75) is 51.6 Å². The summed E-state index contributed by atoms with van der Waals surface area (Å²) in [5.41, 5.74) is 4.41. The number of pyridine rings is 2. The second-order valence-corrected chi connectivity index (χ2v) is 8.69. The topological polar surface area (TPSA) is 28.0 Å². The molecule has 0 spiro atoms. The van der Waals surface area contributed by atoms with Crippen LogP contribution in [0.2, 0.25) is 0 Å². The number of likely N-dealkylation sites (N-methyl/N-ethyl adjacent to an activating group) is 2. The standard InChI is InChI=1S/C22H31N3O/c1-16-7-9-20(24(16)6)15-23(5)14-17-8-10-19-13-18(22(2,3)4)11-12-25(19)21(17)26/h8,10-13,20H,1,7,9,14-15H2,2-6H3/t20-/m0/s1. The molecule has 4 nitrogen and oxygen atoms in total. The predicted molar refractivity (Wildman–Crippen MR) is 109 cm³/mol. The van der Waals surface area contributed by atoms with Crippen molar-refractivity contribution in [3.05, 3.63) is 64.2 Å². The molecule has 140 valence electrons. The van der Waals surface area contributed by atoms with Crippen LogP contribution in [-0.2, 0) is 12.0 Å². The molecule has 1 saturated heterocycles. The van der Waals surface area contributed by atoms with Crippen molar-refractivity contribution in [1.82, 2.24) is 14.2 Å². The third-order valence-corrected chi connectivity index (χ3v) is 5.57. The van der Waals surface area contributed by atoms with Crippen molar-refractivity contribution in [1.29, 1.82) is 0 Å². The summed E-state index contributed by atoms with van der Waals surface area (Å²) in [4.78, 5) is 17.4. The molecule has 0 saturated carbocycles. The molecule has 0 aliphatic carbocycles. The van der Waals surface area contributed by atoms with Crippen LogP contribution >= 0.6 is 0 Å². The maximum absolute atomic E-state index is 12.9. The van der Waals surface area contributed by atoms with Crippen LogP contribution in [0.4, 0.5) is 0 Å². The van der Waals surface area contributed by atoms with E-state index in [4.69, 9.17) is 0 Å². The molecule has 2 aromatic heterocycles. The Morgan fingerprint density at radius 1 is 1.27 bits per heavy atom. The van der Waals surface area contributed by atoms with E-state index in [1.54, 1.807) is 4.40 Å². The van der Waals surface area contributed by atoms with Gasteiger partial charge < -0.3 is 4.90 Å². The van der Waals surface area contributed by atoms with Crippen LogP contribution in [-0.4, -0.2) is 40.9 Å². The average molecular weight is 354 g/mol. The highest BCUT2D eigenvalue weighted by atomic mass is 16.1. The Morgan fingerprint density at radius 3 is 2.62 bits per heavy atom. The molecule has 0 unspecified atom stereocenters. The predicted octanol–water partition coefficient (Wildman–Crippen LogP) is 3.64. The van der Waals surface area contributed by atoms with Gasteiger partial charge in [-0.2, -0.15) is 0 Å². The zero-order chi connectivity index (χ0) is 19.1. The molecule has 1 aliphatic rings. The maximum Gasteiger partial charge on any atom is 0.259 e. The summed E-state index contributed by atoms with van der Waals surface area (Å²) >= 11 is 0. The van der Waals surface area contributed by atoms with Crippen molar-refractivity contribution in [3.63, 3.8) is 0 Å². The van der Waals surface area contributed by atoms with E-state index in [0.29, 0.717) is 12.6 Å². The zero-order valence-electron chi connectivity index (χ0n) is 16.7. The smallest absolute Gasteiger partial charge is 0.259 e. The van der Waals surface area contributed by atoms with E-state index >= 15 is 0 Å². The summed E-state index contributed by atoms with van der Waals surface area (Å²) in [6, 6.07) is 8.71. The van der Waals surface area contributed by atoms with E-state index in [1.807, 2.05) is 12.3 Å². The van der Waals surface area contributed by atoms with Crippen LogP contribution in [0, 0.1) is 0 Å². The highest BCUT2D eigenvalue weighted by molar-refractivity contribution is 5.50. The van der Waals surface area contributed by atoms with E-state index in [0.717, 1.165) is 30.5 Å². The summed E-state index contributed by atoms with van der Waals surface area (Å²) in [5.74, 6) is 0. The van der Waals surface area contributed by atoms with Gasteiger partial charge in [-0.3, -0.25) is 14.1 Å². The number of hydrogen-bond donors (Lipinski definition) is 0. The SMILES string of the molecule is C=C1CC[C@@H](CN(C)Cc2ccc3cc(C(C)(C)C)ccn3c2=O)N1C. The van der Waals surface area contributed by atoms with Crippen LogP contribution < -0.4 is 5.56 Å². The van der Waals surface area contributed by atoms with Gasteiger partial charge in [-0.1, -0.05) is 33.4 Å². The fourth-order valence-corrected chi connectivity index (χ4v) is 3.72. The highest BCUT2D eigenvalue weighted by Gasteiger charge is 2.24. The van der Waals surface area contributed by atoms with Crippen molar-refractivity contribution in [3.8, 4) is 0 Å². The molecule has 4 heteroatoms. The lowest BCUT2D eigenvalue weighted by molar-refractivity contribution is 0.230. The Kier molecular flexibility index (Phi) is 4.98. The second kappa shape index (κ2) is 6.92. The van der Waals surface area contributed by atoms with Gasteiger partial charge in [0.1, 0.15) is 0 Å². The van der Waals surface area contributed by atoms with Gasteiger partial charge in [0, 0.05) is 49.2 Å².